The van der Waals surface area contributed by atoms with Gasteiger partial charge in [0.2, 0.25) is 0 Å². The van der Waals surface area contributed by atoms with E-state index in [4.69, 9.17) is 0 Å². The van der Waals surface area contributed by atoms with Gasteiger partial charge in [-0.15, -0.1) is 0 Å². The van der Waals surface area contributed by atoms with Crippen molar-refractivity contribution < 1.29 is 0 Å². The molecule has 0 saturated heterocycles. The van der Waals surface area contributed by atoms with Crippen LogP contribution >= 0.6 is 0 Å². The fourth-order valence-corrected chi connectivity index (χ4v) is 6.53. The second kappa shape index (κ2) is 43.4. The van der Waals surface area contributed by atoms with E-state index >= 15 is 0 Å². The molecule has 45 heavy (non-hydrogen) atoms. The molecule has 0 heterocycles. The molecule has 0 aliphatic heterocycles. The monoisotopic (exact) mass is 630 g/mol. The van der Waals surface area contributed by atoms with Gasteiger partial charge in [-0.2, -0.15) is 0 Å². The first-order valence-corrected chi connectivity index (χ1v) is 21.4. The molecule has 0 unspecified atom stereocenters. The summed E-state index contributed by atoms with van der Waals surface area (Å²) in [6.45, 7) is 7.07. The zero-order chi connectivity index (χ0) is 32.4. The topological polar surface area (TPSA) is 12.0 Å². The van der Waals surface area contributed by atoms with Crippen LogP contribution in [0.2, 0.25) is 0 Å². The Bertz CT molecular complexity index is 501. The third kappa shape index (κ3) is 43.4. The van der Waals surface area contributed by atoms with Crippen LogP contribution in [0.1, 0.15) is 245 Å². The smallest absolute Gasteiger partial charge is 0.00489 e. The number of hydrogen-bond donors (Lipinski definition) is 1. The molecule has 0 aromatic carbocycles. The lowest BCUT2D eigenvalue weighted by atomic mass is 10.1. The molecule has 0 aromatic rings. The number of rotatable bonds is 40. The molecule has 0 saturated carbocycles. The van der Waals surface area contributed by atoms with Gasteiger partial charge in [0.25, 0.3) is 0 Å². The standard InChI is InChI=1S/C44H87N/c1-3-5-7-9-11-13-15-17-19-21-23-25-27-29-31-33-35-37-39-41-43-45-44-42-40-38-36-34-32-30-28-26-24-22-20-18-16-14-12-10-8-6-4-2/h17-20,45H,3-16,21-44H2,1-2H3. The second-order valence-electron chi connectivity index (χ2n) is 14.5. The number of nitrogens with one attached hydrogen (secondary N) is 1. The summed E-state index contributed by atoms with van der Waals surface area (Å²) in [5.74, 6) is 0. The van der Waals surface area contributed by atoms with Crippen molar-refractivity contribution in [1.29, 1.82) is 0 Å². The van der Waals surface area contributed by atoms with Crippen LogP contribution in [0.3, 0.4) is 0 Å². The van der Waals surface area contributed by atoms with Gasteiger partial charge < -0.3 is 5.32 Å². The number of allylic oxidation sites excluding steroid dienone is 4. The van der Waals surface area contributed by atoms with Crippen molar-refractivity contribution in [3.8, 4) is 0 Å². The molecule has 268 valence electrons. The minimum Gasteiger partial charge on any atom is -0.317 e. The molecular weight excluding hydrogens is 542 g/mol. The summed E-state index contributed by atoms with van der Waals surface area (Å²) in [5.41, 5.74) is 0. The van der Waals surface area contributed by atoms with Gasteiger partial charge in [-0.3, -0.25) is 0 Å². The highest BCUT2D eigenvalue weighted by Crippen LogP contribution is 2.14. The quantitative estimate of drug-likeness (QED) is 0.0525. The summed E-state index contributed by atoms with van der Waals surface area (Å²) in [4.78, 5) is 0. The third-order valence-electron chi connectivity index (χ3n) is 9.73. The molecule has 0 fully saturated rings. The molecule has 0 rings (SSSR count). The summed E-state index contributed by atoms with van der Waals surface area (Å²) < 4.78 is 0. The first kappa shape index (κ1) is 44.4. The van der Waals surface area contributed by atoms with E-state index < -0.39 is 0 Å². The average molecular weight is 630 g/mol. The van der Waals surface area contributed by atoms with E-state index in [1.165, 1.54) is 244 Å². The van der Waals surface area contributed by atoms with Crippen molar-refractivity contribution in [2.75, 3.05) is 13.1 Å². The van der Waals surface area contributed by atoms with Crippen LogP contribution in [-0.4, -0.2) is 13.1 Å². The Balaban J connectivity index is 3.09. The average Bonchev–Trinajstić information content (AvgIpc) is 3.05. The lowest BCUT2D eigenvalue weighted by molar-refractivity contribution is 0.524. The van der Waals surface area contributed by atoms with E-state index in [0.717, 1.165) is 0 Å². The lowest BCUT2D eigenvalue weighted by Gasteiger charge is -2.06. The maximum atomic E-state index is 3.69. The minimum absolute atomic E-state index is 1.24. The van der Waals surface area contributed by atoms with Gasteiger partial charge in [0, 0.05) is 0 Å². The Morgan fingerprint density at radius 3 is 0.689 bits per heavy atom. The molecule has 0 bridgehead atoms. The first-order chi connectivity index (χ1) is 22.4. The highest BCUT2D eigenvalue weighted by Gasteiger charge is 1.96. The molecular formula is C44H87N. The molecule has 0 aliphatic rings. The van der Waals surface area contributed by atoms with Crippen LogP contribution in [0, 0.1) is 0 Å². The summed E-state index contributed by atoms with van der Waals surface area (Å²) >= 11 is 0. The third-order valence-corrected chi connectivity index (χ3v) is 9.73. The molecule has 1 N–H and O–H groups in total. The maximum absolute atomic E-state index is 3.69. The van der Waals surface area contributed by atoms with Crippen LogP contribution in [0.4, 0.5) is 0 Å². The van der Waals surface area contributed by atoms with Crippen molar-refractivity contribution in [3.63, 3.8) is 0 Å². The Kier molecular flexibility index (Phi) is 42.9. The Labute approximate surface area is 287 Å². The molecule has 0 aliphatic carbocycles. The molecule has 0 spiro atoms. The summed E-state index contributed by atoms with van der Waals surface area (Å²) in [6.07, 6.45) is 60.7. The van der Waals surface area contributed by atoms with Crippen LogP contribution in [-0.2, 0) is 0 Å². The molecule has 0 amide bonds. The van der Waals surface area contributed by atoms with Crippen molar-refractivity contribution in [2.45, 2.75) is 245 Å². The normalized spacial score (nSPS) is 12.0. The van der Waals surface area contributed by atoms with E-state index in [-0.39, 0.29) is 0 Å². The van der Waals surface area contributed by atoms with Crippen molar-refractivity contribution in [3.05, 3.63) is 24.3 Å². The van der Waals surface area contributed by atoms with Crippen molar-refractivity contribution in [1.82, 2.24) is 5.32 Å². The summed E-state index contributed by atoms with van der Waals surface area (Å²) in [7, 11) is 0. The first-order valence-electron chi connectivity index (χ1n) is 21.4. The Morgan fingerprint density at radius 1 is 0.244 bits per heavy atom. The van der Waals surface area contributed by atoms with Crippen molar-refractivity contribution in [2.24, 2.45) is 0 Å². The van der Waals surface area contributed by atoms with E-state index in [0.29, 0.717) is 0 Å². The number of unbranched alkanes of at least 4 members (excludes halogenated alkanes) is 32. The molecule has 0 aromatic heterocycles. The maximum Gasteiger partial charge on any atom is -0.00489 e. The van der Waals surface area contributed by atoms with E-state index in [2.05, 4.69) is 43.5 Å². The van der Waals surface area contributed by atoms with Gasteiger partial charge in [0.05, 0.1) is 0 Å². The van der Waals surface area contributed by atoms with Crippen LogP contribution in [0.25, 0.3) is 0 Å². The lowest BCUT2D eigenvalue weighted by Crippen LogP contribution is -2.16. The fourth-order valence-electron chi connectivity index (χ4n) is 6.53. The van der Waals surface area contributed by atoms with E-state index in [1.807, 2.05) is 0 Å². The predicted octanol–water partition coefficient (Wildman–Crippen LogP) is 15.8. The van der Waals surface area contributed by atoms with Gasteiger partial charge >= 0.3 is 0 Å². The Hall–Kier alpha value is -0.560. The van der Waals surface area contributed by atoms with Crippen LogP contribution < -0.4 is 5.32 Å². The molecule has 0 atom stereocenters. The van der Waals surface area contributed by atoms with Gasteiger partial charge in [-0.05, 0) is 77.3 Å². The summed E-state index contributed by atoms with van der Waals surface area (Å²) in [5, 5.41) is 3.69. The highest BCUT2D eigenvalue weighted by molar-refractivity contribution is 4.82. The second-order valence-corrected chi connectivity index (χ2v) is 14.5. The van der Waals surface area contributed by atoms with Gasteiger partial charge in [0.15, 0.2) is 0 Å². The SMILES string of the molecule is CCCCCCCCC=CCCCCCCCCCCCCNCCCCCCCCCCCCC=CCCCCCCCC. The van der Waals surface area contributed by atoms with E-state index in [1.54, 1.807) is 0 Å². The summed E-state index contributed by atoms with van der Waals surface area (Å²) in [6, 6.07) is 0. The van der Waals surface area contributed by atoms with E-state index in [9.17, 15) is 0 Å². The number of hydrogen-bond acceptors (Lipinski definition) is 1. The zero-order valence-corrected chi connectivity index (χ0v) is 31.7. The minimum atomic E-state index is 1.24. The van der Waals surface area contributed by atoms with Crippen molar-refractivity contribution >= 4 is 0 Å². The zero-order valence-electron chi connectivity index (χ0n) is 31.7. The van der Waals surface area contributed by atoms with Gasteiger partial charge in [-0.25, -0.2) is 0 Å². The highest BCUT2D eigenvalue weighted by atomic mass is 14.8. The van der Waals surface area contributed by atoms with Crippen LogP contribution in [0.5, 0.6) is 0 Å². The molecule has 1 nitrogen and oxygen atoms in total. The molecule has 1 heteroatoms. The largest absolute Gasteiger partial charge is 0.317 e. The van der Waals surface area contributed by atoms with Crippen LogP contribution in [0.15, 0.2) is 24.3 Å². The van der Waals surface area contributed by atoms with Gasteiger partial charge in [0.1, 0.15) is 0 Å². The predicted molar refractivity (Wildman–Crippen MR) is 209 cm³/mol. The Morgan fingerprint density at radius 2 is 0.444 bits per heavy atom. The molecule has 0 radical (unpaired) electrons. The van der Waals surface area contributed by atoms with Gasteiger partial charge in [-0.1, -0.05) is 205 Å². The fraction of sp³-hybridized carbons (Fsp3) is 0.909.